The van der Waals surface area contributed by atoms with Gasteiger partial charge >= 0.3 is 5.97 Å². The van der Waals surface area contributed by atoms with E-state index in [-0.39, 0.29) is 0 Å². The lowest BCUT2D eigenvalue weighted by atomic mass is 9.98. The second kappa shape index (κ2) is 4.50. The highest BCUT2D eigenvalue weighted by Gasteiger charge is 2.24. The summed E-state index contributed by atoms with van der Waals surface area (Å²) >= 11 is 1.19. The number of aryl methyl sites for hydroxylation is 1. The number of carboxylic acids is 1. The van der Waals surface area contributed by atoms with E-state index in [1.807, 2.05) is 13.8 Å². The lowest BCUT2D eigenvalue weighted by Gasteiger charge is -2.10. The lowest BCUT2D eigenvalue weighted by Crippen LogP contribution is -2.13. The molecule has 1 atom stereocenters. The molecule has 1 aromatic rings. The van der Waals surface area contributed by atoms with E-state index in [1.54, 1.807) is 6.92 Å². The Labute approximate surface area is 87.2 Å². The Morgan fingerprint density at radius 2 is 2.21 bits per heavy atom. The van der Waals surface area contributed by atoms with Gasteiger partial charge in [0.05, 0.1) is 0 Å². The van der Waals surface area contributed by atoms with E-state index in [2.05, 4.69) is 9.36 Å². The maximum Gasteiger partial charge on any atom is 0.313 e. The number of nitrogens with zero attached hydrogens (tertiary/aromatic N) is 2. The van der Waals surface area contributed by atoms with E-state index in [9.17, 15) is 4.79 Å². The molecule has 0 aliphatic carbocycles. The van der Waals surface area contributed by atoms with Gasteiger partial charge in [0.2, 0.25) is 0 Å². The molecule has 1 rings (SSSR count). The van der Waals surface area contributed by atoms with Crippen molar-refractivity contribution in [2.75, 3.05) is 0 Å². The van der Waals surface area contributed by atoms with Crippen LogP contribution >= 0.6 is 11.5 Å². The van der Waals surface area contributed by atoms with Gasteiger partial charge in [-0.05, 0) is 30.8 Å². The quantitative estimate of drug-likeness (QED) is 0.833. The topological polar surface area (TPSA) is 63.1 Å². The Kier molecular flexibility index (Phi) is 3.57. The van der Waals surface area contributed by atoms with E-state index in [0.717, 1.165) is 0 Å². The summed E-state index contributed by atoms with van der Waals surface area (Å²) in [7, 11) is 0. The molecule has 0 amide bonds. The first-order valence-electron chi connectivity index (χ1n) is 4.53. The van der Waals surface area contributed by atoms with Gasteiger partial charge in [-0.3, -0.25) is 4.79 Å². The molecule has 1 heterocycles. The van der Waals surface area contributed by atoms with Crippen LogP contribution in [0.5, 0.6) is 0 Å². The summed E-state index contributed by atoms with van der Waals surface area (Å²) < 4.78 is 3.99. The molecule has 78 valence electrons. The van der Waals surface area contributed by atoms with Gasteiger partial charge in [-0.1, -0.05) is 13.8 Å². The fraction of sp³-hybridized carbons (Fsp3) is 0.667. The lowest BCUT2D eigenvalue weighted by molar-refractivity contribution is -0.139. The third-order valence-electron chi connectivity index (χ3n) is 1.85. The van der Waals surface area contributed by atoms with Crippen LogP contribution in [0.1, 0.15) is 37.0 Å². The summed E-state index contributed by atoms with van der Waals surface area (Å²) in [6, 6.07) is 0. The molecular formula is C9H14N2O2S. The van der Waals surface area contributed by atoms with Crippen LogP contribution in [0.3, 0.4) is 0 Å². The second-order valence-electron chi connectivity index (χ2n) is 3.70. The standard InChI is InChI=1S/C9H14N2O2S/c1-5(2)4-7(9(12)13)8-10-6(3)11-14-8/h5,7H,4H2,1-3H3,(H,12,13). The summed E-state index contributed by atoms with van der Waals surface area (Å²) in [5.41, 5.74) is 0. The van der Waals surface area contributed by atoms with Gasteiger partial charge in [-0.15, -0.1) is 0 Å². The first-order valence-corrected chi connectivity index (χ1v) is 5.31. The van der Waals surface area contributed by atoms with E-state index in [1.165, 1.54) is 11.5 Å². The molecule has 1 aromatic heterocycles. The Hall–Kier alpha value is -0.970. The van der Waals surface area contributed by atoms with Gasteiger partial charge in [0.15, 0.2) is 0 Å². The average molecular weight is 214 g/mol. The highest BCUT2D eigenvalue weighted by molar-refractivity contribution is 7.05. The van der Waals surface area contributed by atoms with Crippen LogP contribution in [-0.2, 0) is 4.79 Å². The van der Waals surface area contributed by atoms with Crippen LogP contribution in [0.15, 0.2) is 0 Å². The molecule has 0 spiro atoms. The van der Waals surface area contributed by atoms with Crippen molar-refractivity contribution in [2.45, 2.75) is 33.1 Å². The molecule has 0 fully saturated rings. The van der Waals surface area contributed by atoms with Crippen LogP contribution < -0.4 is 0 Å². The summed E-state index contributed by atoms with van der Waals surface area (Å²) in [6.07, 6.45) is 0.615. The summed E-state index contributed by atoms with van der Waals surface area (Å²) in [4.78, 5) is 15.1. The number of hydrogen-bond acceptors (Lipinski definition) is 4. The van der Waals surface area contributed by atoms with E-state index >= 15 is 0 Å². The number of hydrogen-bond donors (Lipinski definition) is 1. The molecule has 0 saturated carbocycles. The summed E-state index contributed by atoms with van der Waals surface area (Å²) in [5, 5.41) is 9.64. The fourth-order valence-electron chi connectivity index (χ4n) is 1.23. The van der Waals surface area contributed by atoms with Gasteiger partial charge in [0, 0.05) is 0 Å². The van der Waals surface area contributed by atoms with Gasteiger partial charge in [-0.25, -0.2) is 4.98 Å². The minimum absolute atomic E-state index is 0.348. The molecule has 14 heavy (non-hydrogen) atoms. The van der Waals surface area contributed by atoms with Crippen LogP contribution in [0.25, 0.3) is 0 Å². The van der Waals surface area contributed by atoms with Crippen LogP contribution in [-0.4, -0.2) is 20.4 Å². The molecule has 0 aliphatic heterocycles. The predicted octanol–water partition coefficient (Wildman–Crippen LogP) is 2.06. The van der Waals surface area contributed by atoms with Gasteiger partial charge in [0.1, 0.15) is 16.7 Å². The normalized spacial score (nSPS) is 13.1. The van der Waals surface area contributed by atoms with Crippen molar-refractivity contribution in [3.63, 3.8) is 0 Å². The minimum atomic E-state index is -0.810. The van der Waals surface area contributed by atoms with Crippen LogP contribution in [0, 0.1) is 12.8 Å². The largest absolute Gasteiger partial charge is 0.481 e. The average Bonchev–Trinajstić information content (AvgIpc) is 2.46. The summed E-state index contributed by atoms with van der Waals surface area (Å²) in [5.74, 6) is -0.309. The van der Waals surface area contributed by atoms with Crippen molar-refractivity contribution >= 4 is 17.5 Å². The first-order chi connectivity index (χ1) is 6.50. The van der Waals surface area contributed by atoms with Crippen LogP contribution in [0.4, 0.5) is 0 Å². The van der Waals surface area contributed by atoms with E-state index in [0.29, 0.717) is 23.2 Å². The number of carboxylic acid groups (broad SMARTS) is 1. The van der Waals surface area contributed by atoms with E-state index < -0.39 is 11.9 Å². The minimum Gasteiger partial charge on any atom is -0.481 e. The first kappa shape index (κ1) is 11.1. The second-order valence-corrected chi connectivity index (χ2v) is 4.48. The smallest absolute Gasteiger partial charge is 0.313 e. The molecule has 5 heteroatoms. The van der Waals surface area contributed by atoms with Gasteiger partial charge in [-0.2, -0.15) is 4.37 Å². The Bertz CT molecular complexity index is 322. The molecule has 0 radical (unpaired) electrons. The zero-order chi connectivity index (χ0) is 10.7. The fourth-order valence-corrected chi connectivity index (χ4v) is 2.00. The van der Waals surface area contributed by atoms with Crippen molar-refractivity contribution in [1.29, 1.82) is 0 Å². The zero-order valence-corrected chi connectivity index (χ0v) is 9.34. The predicted molar refractivity (Wildman–Crippen MR) is 54.5 cm³/mol. The number of aliphatic carboxylic acids is 1. The van der Waals surface area contributed by atoms with Crippen molar-refractivity contribution in [3.05, 3.63) is 10.8 Å². The molecular weight excluding hydrogens is 200 g/mol. The molecule has 4 nitrogen and oxygen atoms in total. The third-order valence-corrected chi connectivity index (χ3v) is 2.76. The van der Waals surface area contributed by atoms with Crippen molar-refractivity contribution in [2.24, 2.45) is 5.92 Å². The molecule has 0 saturated heterocycles. The maximum atomic E-state index is 11.0. The number of aromatic nitrogens is 2. The van der Waals surface area contributed by atoms with Crippen molar-refractivity contribution in [3.8, 4) is 0 Å². The highest BCUT2D eigenvalue weighted by Crippen LogP contribution is 2.25. The number of rotatable bonds is 4. The van der Waals surface area contributed by atoms with Gasteiger partial charge < -0.3 is 5.11 Å². The number of carbonyl (C=O) groups is 1. The Morgan fingerprint density at radius 3 is 2.57 bits per heavy atom. The molecule has 0 aromatic carbocycles. The molecule has 1 N–H and O–H groups in total. The van der Waals surface area contributed by atoms with E-state index in [4.69, 9.17) is 5.11 Å². The Morgan fingerprint density at radius 1 is 1.57 bits per heavy atom. The third kappa shape index (κ3) is 2.77. The zero-order valence-electron chi connectivity index (χ0n) is 8.52. The maximum absolute atomic E-state index is 11.0. The summed E-state index contributed by atoms with van der Waals surface area (Å²) in [6.45, 7) is 5.78. The SMILES string of the molecule is Cc1nsc(C(CC(C)C)C(=O)O)n1. The van der Waals surface area contributed by atoms with Gasteiger partial charge in [0.25, 0.3) is 0 Å². The highest BCUT2D eigenvalue weighted by atomic mass is 32.1. The molecule has 0 aliphatic rings. The van der Waals surface area contributed by atoms with Crippen molar-refractivity contribution < 1.29 is 9.90 Å². The monoisotopic (exact) mass is 214 g/mol. The molecule has 0 bridgehead atoms. The van der Waals surface area contributed by atoms with Crippen molar-refractivity contribution in [1.82, 2.24) is 9.36 Å². The Balaban J connectivity index is 2.83. The molecule has 1 unspecified atom stereocenters. The van der Waals surface area contributed by atoms with Crippen LogP contribution in [0.2, 0.25) is 0 Å².